The number of benzene rings is 1. The molecule has 3 heteroatoms. The summed E-state index contributed by atoms with van der Waals surface area (Å²) >= 11 is 0. The van der Waals surface area contributed by atoms with E-state index < -0.39 is 0 Å². The van der Waals surface area contributed by atoms with E-state index >= 15 is 0 Å². The molecule has 1 unspecified atom stereocenters. The molecule has 2 aliphatic heterocycles. The smallest absolute Gasteiger partial charge is 0.0372 e. The summed E-state index contributed by atoms with van der Waals surface area (Å²) in [5, 5.41) is 3.58. The van der Waals surface area contributed by atoms with Gasteiger partial charge in [-0.3, -0.25) is 0 Å². The van der Waals surface area contributed by atoms with Crippen molar-refractivity contribution in [2.24, 2.45) is 5.92 Å². The van der Waals surface area contributed by atoms with Crippen LogP contribution in [0.4, 0.5) is 5.69 Å². The highest BCUT2D eigenvalue weighted by Gasteiger charge is 2.19. The quantitative estimate of drug-likeness (QED) is 0.888. The molecule has 0 bridgehead atoms. The molecular weight excluding hydrogens is 246 g/mol. The average Bonchev–Trinajstić information content (AvgIpc) is 2.98. The summed E-state index contributed by atoms with van der Waals surface area (Å²) < 4.78 is 0. The van der Waals surface area contributed by atoms with E-state index in [1.165, 1.54) is 63.2 Å². The van der Waals surface area contributed by atoms with Gasteiger partial charge in [-0.05, 0) is 56.9 Å². The molecule has 1 aromatic carbocycles. The van der Waals surface area contributed by atoms with Gasteiger partial charge in [0.05, 0.1) is 0 Å². The SMILES string of the molecule is CN(CCN1CCCC1)CC1CNc2ccccc2C1. The van der Waals surface area contributed by atoms with Gasteiger partial charge in [-0.1, -0.05) is 18.2 Å². The van der Waals surface area contributed by atoms with E-state index in [1.54, 1.807) is 0 Å². The topological polar surface area (TPSA) is 18.5 Å². The molecule has 0 radical (unpaired) electrons. The van der Waals surface area contributed by atoms with E-state index in [-0.39, 0.29) is 0 Å². The maximum absolute atomic E-state index is 3.58. The van der Waals surface area contributed by atoms with Gasteiger partial charge in [0, 0.05) is 31.9 Å². The van der Waals surface area contributed by atoms with E-state index in [9.17, 15) is 0 Å². The summed E-state index contributed by atoms with van der Waals surface area (Å²) in [6.07, 6.45) is 4.01. The minimum absolute atomic E-state index is 0.744. The number of likely N-dealkylation sites (N-methyl/N-ethyl adjacent to an activating group) is 1. The molecule has 2 heterocycles. The van der Waals surface area contributed by atoms with Crippen LogP contribution >= 0.6 is 0 Å². The van der Waals surface area contributed by atoms with Crippen LogP contribution in [0.25, 0.3) is 0 Å². The largest absolute Gasteiger partial charge is 0.384 e. The Morgan fingerprint density at radius 2 is 2.05 bits per heavy atom. The van der Waals surface area contributed by atoms with Crippen LogP contribution in [0.2, 0.25) is 0 Å². The Hall–Kier alpha value is -1.06. The normalized spacial score (nSPS) is 22.8. The third-order valence-corrected chi connectivity index (χ3v) is 4.67. The summed E-state index contributed by atoms with van der Waals surface area (Å²) in [4.78, 5) is 5.11. The number of hydrogen-bond donors (Lipinski definition) is 1. The highest BCUT2D eigenvalue weighted by atomic mass is 15.2. The van der Waals surface area contributed by atoms with E-state index in [2.05, 4.69) is 46.4 Å². The molecule has 0 aliphatic carbocycles. The van der Waals surface area contributed by atoms with Crippen LogP contribution in [0.3, 0.4) is 0 Å². The molecule has 3 nitrogen and oxygen atoms in total. The summed E-state index contributed by atoms with van der Waals surface area (Å²) in [7, 11) is 2.27. The number of anilines is 1. The first-order chi connectivity index (χ1) is 9.81. The zero-order valence-electron chi connectivity index (χ0n) is 12.6. The van der Waals surface area contributed by atoms with Gasteiger partial charge in [-0.25, -0.2) is 0 Å². The van der Waals surface area contributed by atoms with E-state index in [0.29, 0.717) is 0 Å². The molecule has 1 atom stereocenters. The van der Waals surface area contributed by atoms with Crippen molar-refractivity contribution in [2.45, 2.75) is 19.3 Å². The van der Waals surface area contributed by atoms with Gasteiger partial charge in [-0.15, -0.1) is 0 Å². The summed E-state index contributed by atoms with van der Waals surface area (Å²) in [5.41, 5.74) is 2.82. The second-order valence-electron chi connectivity index (χ2n) is 6.42. The number of likely N-dealkylation sites (tertiary alicyclic amines) is 1. The average molecular weight is 273 g/mol. The van der Waals surface area contributed by atoms with Gasteiger partial charge in [-0.2, -0.15) is 0 Å². The third kappa shape index (κ3) is 3.53. The van der Waals surface area contributed by atoms with Gasteiger partial charge in [0.2, 0.25) is 0 Å². The fraction of sp³-hybridized carbons (Fsp3) is 0.647. The van der Waals surface area contributed by atoms with Gasteiger partial charge < -0.3 is 15.1 Å². The number of fused-ring (bicyclic) bond motifs is 1. The minimum atomic E-state index is 0.744. The Morgan fingerprint density at radius 1 is 1.25 bits per heavy atom. The van der Waals surface area contributed by atoms with Crippen molar-refractivity contribution in [1.29, 1.82) is 0 Å². The van der Waals surface area contributed by atoms with Gasteiger partial charge in [0.1, 0.15) is 0 Å². The molecule has 0 saturated carbocycles. The highest BCUT2D eigenvalue weighted by molar-refractivity contribution is 5.53. The van der Waals surface area contributed by atoms with Crippen LogP contribution in [0.1, 0.15) is 18.4 Å². The lowest BCUT2D eigenvalue weighted by Crippen LogP contribution is -2.37. The van der Waals surface area contributed by atoms with E-state index in [4.69, 9.17) is 0 Å². The number of nitrogens with zero attached hydrogens (tertiary/aromatic N) is 2. The van der Waals surface area contributed by atoms with Crippen molar-refractivity contribution < 1.29 is 0 Å². The Bertz CT molecular complexity index is 426. The first kappa shape index (κ1) is 13.9. The first-order valence-electron chi connectivity index (χ1n) is 8.04. The van der Waals surface area contributed by atoms with E-state index in [1.807, 2.05) is 0 Å². The van der Waals surface area contributed by atoms with Crippen LogP contribution in [0, 0.1) is 5.92 Å². The Labute approximate surface area is 123 Å². The predicted octanol–water partition coefficient (Wildman–Crippen LogP) is 2.30. The summed E-state index contributed by atoms with van der Waals surface area (Å²) in [6.45, 7) is 7.39. The molecule has 1 N–H and O–H groups in total. The molecule has 1 saturated heterocycles. The monoisotopic (exact) mass is 273 g/mol. The summed E-state index contributed by atoms with van der Waals surface area (Å²) in [6, 6.07) is 8.73. The molecule has 3 rings (SSSR count). The van der Waals surface area contributed by atoms with Crippen molar-refractivity contribution in [2.75, 3.05) is 51.6 Å². The molecular formula is C17H27N3. The molecule has 0 aromatic heterocycles. The first-order valence-corrected chi connectivity index (χ1v) is 8.04. The van der Waals surface area contributed by atoms with Crippen LogP contribution in [-0.4, -0.2) is 56.1 Å². The number of rotatable bonds is 5. The lowest BCUT2D eigenvalue weighted by atomic mass is 9.93. The van der Waals surface area contributed by atoms with Crippen LogP contribution < -0.4 is 5.32 Å². The lowest BCUT2D eigenvalue weighted by Gasteiger charge is -2.30. The van der Waals surface area contributed by atoms with Crippen molar-refractivity contribution in [3.05, 3.63) is 29.8 Å². The molecule has 1 fully saturated rings. The molecule has 1 aromatic rings. The predicted molar refractivity (Wildman–Crippen MR) is 85.3 cm³/mol. The maximum Gasteiger partial charge on any atom is 0.0372 e. The molecule has 110 valence electrons. The fourth-order valence-electron chi connectivity index (χ4n) is 3.49. The number of nitrogens with one attached hydrogen (secondary N) is 1. The van der Waals surface area contributed by atoms with Crippen molar-refractivity contribution in [1.82, 2.24) is 9.80 Å². The van der Waals surface area contributed by atoms with Crippen LogP contribution in [-0.2, 0) is 6.42 Å². The fourth-order valence-corrected chi connectivity index (χ4v) is 3.49. The molecule has 20 heavy (non-hydrogen) atoms. The van der Waals surface area contributed by atoms with Crippen molar-refractivity contribution in [3.63, 3.8) is 0 Å². The Balaban J connectivity index is 1.44. The second-order valence-corrected chi connectivity index (χ2v) is 6.42. The lowest BCUT2D eigenvalue weighted by molar-refractivity contribution is 0.232. The van der Waals surface area contributed by atoms with Crippen molar-refractivity contribution in [3.8, 4) is 0 Å². The number of hydrogen-bond acceptors (Lipinski definition) is 3. The van der Waals surface area contributed by atoms with Gasteiger partial charge in [0.25, 0.3) is 0 Å². The molecule has 0 amide bonds. The van der Waals surface area contributed by atoms with Crippen LogP contribution in [0.5, 0.6) is 0 Å². The van der Waals surface area contributed by atoms with Gasteiger partial charge in [0.15, 0.2) is 0 Å². The zero-order valence-corrected chi connectivity index (χ0v) is 12.6. The Kier molecular flexibility index (Phi) is 4.58. The van der Waals surface area contributed by atoms with Crippen LogP contribution in [0.15, 0.2) is 24.3 Å². The third-order valence-electron chi connectivity index (χ3n) is 4.67. The number of para-hydroxylation sites is 1. The molecule has 2 aliphatic rings. The maximum atomic E-state index is 3.58. The van der Waals surface area contributed by atoms with E-state index in [0.717, 1.165) is 12.5 Å². The second kappa shape index (κ2) is 6.59. The minimum Gasteiger partial charge on any atom is -0.384 e. The summed E-state index contributed by atoms with van der Waals surface area (Å²) in [5.74, 6) is 0.744. The Morgan fingerprint density at radius 3 is 2.90 bits per heavy atom. The highest BCUT2D eigenvalue weighted by Crippen LogP contribution is 2.24. The van der Waals surface area contributed by atoms with Crippen molar-refractivity contribution >= 4 is 5.69 Å². The standard InChI is InChI=1S/C17H27N3/c1-19(10-11-20-8-4-5-9-20)14-15-12-16-6-2-3-7-17(16)18-13-15/h2-3,6-7,15,18H,4-5,8-14H2,1H3. The van der Waals surface area contributed by atoms with Gasteiger partial charge >= 0.3 is 0 Å². The molecule has 0 spiro atoms. The zero-order chi connectivity index (χ0) is 13.8.